The molecule has 0 unspecified atom stereocenters. The van der Waals surface area contributed by atoms with Gasteiger partial charge in [-0.25, -0.2) is 0 Å². The van der Waals surface area contributed by atoms with Crippen LogP contribution in [0.2, 0.25) is 0 Å². The lowest BCUT2D eigenvalue weighted by molar-refractivity contribution is -0.122. The van der Waals surface area contributed by atoms with Crippen molar-refractivity contribution in [1.29, 1.82) is 0 Å². The molecular formula is C25H27N3O3S. The van der Waals surface area contributed by atoms with Crippen LogP contribution in [0.25, 0.3) is 6.08 Å². The van der Waals surface area contributed by atoms with Crippen LogP contribution in [-0.4, -0.2) is 36.6 Å². The fourth-order valence-corrected chi connectivity index (χ4v) is 4.36. The Labute approximate surface area is 193 Å². The van der Waals surface area contributed by atoms with Crippen molar-refractivity contribution in [2.45, 2.75) is 33.1 Å². The summed E-state index contributed by atoms with van der Waals surface area (Å²) in [6, 6.07) is 13.2. The van der Waals surface area contributed by atoms with E-state index < -0.39 is 11.8 Å². The summed E-state index contributed by atoms with van der Waals surface area (Å²) in [7, 11) is 0. The van der Waals surface area contributed by atoms with E-state index in [4.69, 9.17) is 17.0 Å². The molecule has 1 saturated heterocycles. The molecule has 0 aliphatic carbocycles. The Morgan fingerprint density at radius 3 is 2.62 bits per heavy atom. The van der Waals surface area contributed by atoms with Gasteiger partial charge in [0.2, 0.25) is 0 Å². The van der Waals surface area contributed by atoms with Crippen molar-refractivity contribution in [1.82, 2.24) is 5.32 Å². The predicted octanol–water partition coefficient (Wildman–Crippen LogP) is 4.08. The molecule has 0 spiro atoms. The molecule has 32 heavy (non-hydrogen) atoms. The molecule has 1 fully saturated rings. The Morgan fingerprint density at radius 2 is 1.91 bits per heavy atom. The Balaban J connectivity index is 1.59. The summed E-state index contributed by atoms with van der Waals surface area (Å²) in [5.41, 5.74) is 3.97. The van der Waals surface area contributed by atoms with Gasteiger partial charge in [-0.15, -0.1) is 0 Å². The number of hydrogen-bond donors (Lipinski definition) is 1. The molecule has 4 rings (SSSR count). The molecular weight excluding hydrogens is 422 g/mol. The van der Waals surface area contributed by atoms with Gasteiger partial charge in [0, 0.05) is 18.8 Å². The van der Waals surface area contributed by atoms with Gasteiger partial charge in [0.15, 0.2) is 5.11 Å². The van der Waals surface area contributed by atoms with Crippen LogP contribution in [0.1, 0.15) is 37.8 Å². The molecule has 1 N–H and O–H groups in total. The highest BCUT2D eigenvalue weighted by molar-refractivity contribution is 7.80. The van der Waals surface area contributed by atoms with Gasteiger partial charge in [0.1, 0.15) is 11.3 Å². The summed E-state index contributed by atoms with van der Waals surface area (Å²) in [5, 5.41) is 2.71. The van der Waals surface area contributed by atoms with Gasteiger partial charge in [-0.1, -0.05) is 19.4 Å². The van der Waals surface area contributed by atoms with Crippen LogP contribution in [0.4, 0.5) is 11.4 Å². The van der Waals surface area contributed by atoms with Crippen molar-refractivity contribution in [3.63, 3.8) is 0 Å². The molecule has 2 aliphatic heterocycles. The van der Waals surface area contributed by atoms with Gasteiger partial charge in [0.25, 0.3) is 11.8 Å². The van der Waals surface area contributed by atoms with Crippen molar-refractivity contribution < 1.29 is 14.3 Å². The molecule has 7 heteroatoms. The maximum absolute atomic E-state index is 13.2. The molecule has 166 valence electrons. The molecule has 0 saturated carbocycles. The fourth-order valence-electron chi connectivity index (χ4n) is 4.08. The first-order valence-electron chi connectivity index (χ1n) is 11.0. The normalized spacial score (nSPS) is 17.1. The van der Waals surface area contributed by atoms with Crippen molar-refractivity contribution in [2.24, 2.45) is 0 Å². The zero-order valence-corrected chi connectivity index (χ0v) is 19.2. The minimum absolute atomic E-state index is 0.0632. The third kappa shape index (κ3) is 4.39. The molecule has 2 aromatic carbocycles. The maximum atomic E-state index is 13.2. The number of hydrogen-bond acceptors (Lipinski definition) is 5. The number of ether oxygens (including phenoxy) is 1. The van der Waals surface area contributed by atoms with Gasteiger partial charge >= 0.3 is 0 Å². The number of nitrogens with one attached hydrogen (secondary N) is 1. The number of rotatable bonds is 7. The number of carbonyl (C=O) groups excluding carboxylic acids is 2. The van der Waals surface area contributed by atoms with E-state index in [2.05, 4.69) is 29.3 Å². The van der Waals surface area contributed by atoms with Gasteiger partial charge in [-0.05, 0) is 85.6 Å². The third-order valence-corrected chi connectivity index (χ3v) is 5.98. The summed E-state index contributed by atoms with van der Waals surface area (Å²) in [5.74, 6) is -0.210. The largest absolute Gasteiger partial charge is 0.494 e. The molecule has 0 bridgehead atoms. The minimum Gasteiger partial charge on any atom is -0.494 e. The number of thiocarbonyl (C=S) groups is 1. The first-order chi connectivity index (χ1) is 15.5. The Morgan fingerprint density at radius 1 is 1.12 bits per heavy atom. The Kier molecular flexibility index (Phi) is 6.55. The van der Waals surface area contributed by atoms with Crippen LogP contribution in [0.15, 0.2) is 48.0 Å². The number of anilines is 2. The molecule has 0 aromatic heterocycles. The van der Waals surface area contributed by atoms with E-state index in [1.807, 2.05) is 13.0 Å². The highest BCUT2D eigenvalue weighted by atomic mass is 32.1. The smallest absolute Gasteiger partial charge is 0.270 e. The molecule has 2 heterocycles. The average molecular weight is 450 g/mol. The number of nitrogens with zero attached hydrogens (tertiary/aromatic N) is 2. The molecule has 0 radical (unpaired) electrons. The minimum atomic E-state index is -0.479. The molecule has 6 nitrogen and oxygen atoms in total. The lowest BCUT2D eigenvalue weighted by Crippen LogP contribution is -2.54. The Bertz CT molecular complexity index is 1080. The summed E-state index contributed by atoms with van der Waals surface area (Å²) in [4.78, 5) is 29.6. The van der Waals surface area contributed by atoms with E-state index in [1.54, 1.807) is 30.3 Å². The van der Waals surface area contributed by atoms with E-state index in [1.165, 1.54) is 29.0 Å². The molecule has 0 atom stereocenters. The van der Waals surface area contributed by atoms with Crippen LogP contribution < -0.4 is 19.9 Å². The Hall–Kier alpha value is -3.19. The van der Waals surface area contributed by atoms with Crippen molar-refractivity contribution in [3.05, 3.63) is 59.2 Å². The monoisotopic (exact) mass is 449 g/mol. The summed E-state index contributed by atoms with van der Waals surface area (Å²) in [6.07, 6.45) is 4.95. The molecule has 2 amide bonds. The summed E-state index contributed by atoms with van der Waals surface area (Å²) in [6.45, 7) is 6.72. The van der Waals surface area contributed by atoms with Crippen LogP contribution in [0.5, 0.6) is 5.75 Å². The van der Waals surface area contributed by atoms with E-state index >= 15 is 0 Å². The highest BCUT2D eigenvalue weighted by Crippen LogP contribution is 2.30. The van der Waals surface area contributed by atoms with E-state index in [9.17, 15) is 9.59 Å². The zero-order valence-electron chi connectivity index (χ0n) is 18.4. The lowest BCUT2D eigenvalue weighted by atomic mass is 10.0. The maximum Gasteiger partial charge on any atom is 0.270 e. The van der Waals surface area contributed by atoms with E-state index in [0.717, 1.165) is 25.1 Å². The number of amides is 2. The predicted molar refractivity (Wildman–Crippen MR) is 131 cm³/mol. The second-order valence-corrected chi connectivity index (χ2v) is 8.25. The van der Waals surface area contributed by atoms with Gasteiger partial charge < -0.3 is 9.64 Å². The van der Waals surface area contributed by atoms with Crippen LogP contribution in [-0.2, 0) is 16.0 Å². The number of benzene rings is 2. The lowest BCUT2D eigenvalue weighted by Gasteiger charge is -2.29. The SMILES string of the molecule is CCCCN1CCc2cc(C=C3C(=O)NC(=S)N(c4ccc(OCC)cc4)C3=O)ccc21. The van der Waals surface area contributed by atoms with Crippen molar-refractivity contribution >= 4 is 46.6 Å². The number of carbonyl (C=O) groups is 2. The first kappa shape index (κ1) is 22.0. The van der Waals surface area contributed by atoms with E-state index in [-0.39, 0.29) is 10.7 Å². The fraction of sp³-hybridized carbons (Fsp3) is 0.320. The van der Waals surface area contributed by atoms with E-state index in [0.29, 0.717) is 18.0 Å². The van der Waals surface area contributed by atoms with Crippen LogP contribution in [0.3, 0.4) is 0 Å². The first-order valence-corrected chi connectivity index (χ1v) is 11.4. The summed E-state index contributed by atoms with van der Waals surface area (Å²) >= 11 is 5.29. The van der Waals surface area contributed by atoms with Crippen LogP contribution in [0, 0.1) is 0 Å². The number of fused-ring (bicyclic) bond motifs is 1. The topological polar surface area (TPSA) is 61.9 Å². The van der Waals surface area contributed by atoms with Crippen LogP contribution >= 0.6 is 12.2 Å². The zero-order chi connectivity index (χ0) is 22.7. The third-order valence-electron chi connectivity index (χ3n) is 5.70. The quantitative estimate of drug-likeness (QED) is 0.392. The van der Waals surface area contributed by atoms with Gasteiger partial charge in [-0.2, -0.15) is 0 Å². The second kappa shape index (κ2) is 9.53. The van der Waals surface area contributed by atoms with Gasteiger partial charge in [-0.3, -0.25) is 19.8 Å². The summed E-state index contributed by atoms with van der Waals surface area (Å²) < 4.78 is 5.46. The highest BCUT2D eigenvalue weighted by Gasteiger charge is 2.34. The standard InChI is InChI=1S/C25H27N3O3S/c1-3-5-13-27-14-12-18-15-17(6-11-22(18)27)16-21-23(29)26-25(32)28(24(21)30)19-7-9-20(10-8-19)31-4-2/h6-11,15-16H,3-5,12-14H2,1-2H3,(H,26,29,32). The molecule has 2 aliphatic rings. The van der Waals surface area contributed by atoms with Crippen molar-refractivity contribution in [3.8, 4) is 5.75 Å². The van der Waals surface area contributed by atoms with Gasteiger partial charge in [0.05, 0.1) is 12.3 Å². The van der Waals surface area contributed by atoms with Crippen molar-refractivity contribution in [2.75, 3.05) is 29.5 Å². The average Bonchev–Trinajstić information content (AvgIpc) is 3.18. The number of unbranched alkanes of at least 4 members (excludes halogenated alkanes) is 1. The molecule has 2 aromatic rings. The second-order valence-electron chi connectivity index (χ2n) is 7.86.